The van der Waals surface area contributed by atoms with E-state index in [1.165, 1.54) is 0 Å². The first-order valence-electron chi connectivity index (χ1n) is 12.9. The molecule has 2 atom stereocenters. The van der Waals surface area contributed by atoms with E-state index in [9.17, 15) is 9.59 Å². The Morgan fingerprint density at radius 1 is 1.21 bits per heavy atom. The Kier molecular flexibility index (Phi) is 6.58. The lowest BCUT2D eigenvalue weighted by molar-refractivity contribution is -0.131. The molecule has 2 aliphatic rings. The highest BCUT2D eigenvalue weighted by Crippen LogP contribution is 2.39. The zero-order valence-corrected chi connectivity index (χ0v) is 22.3. The number of hydrogen-bond acceptors (Lipinski definition) is 5. The smallest absolute Gasteiger partial charge is 0.269 e. The van der Waals surface area contributed by atoms with Crippen LogP contribution in [0.2, 0.25) is 0 Å². The summed E-state index contributed by atoms with van der Waals surface area (Å²) in [6.45, 7) is 7.41. The molecule has 1 aliphatic heterocycles. The Morgan fingerprint density at radius 3 is 2.66 bits per heavy atom. The number of carbonyl (C=O) groups is 2. The van der Waals surface area contributed by atoms with Gasteiger partial charge in [0.1, 0.15) is 5.41 Å². The molecule has 1 saturated heterocycles. The predicted octanol–water partition coefficient (Wildman–Crippen LogP) is 3.30. The van der Waals surface area contributed by atoms with Gasteiger partial charge in [-0.25, -0.2) is 9.67 Å². The summed E-state index contributed by atoms with van der Waals surface area (Å²) in [5.41, 5.74) is 8.63. The number of pyridine rings is 1. The van der Waals surface area contributed by atoms with Crippen molar-refractivity contribution in [1.82, 2.24) is 19.7 Å². The zero-order chi connectivity index (χ0) is 27.1. The molecular formula is C30H33N5O3. The normalized spacial score (nSPS) is 22.1. The highest BCUT2D eigenvalue weighted by molar-refractivity contribution is 5.92. The van der Waals surface area contributed by atoms with Gasteiger partial charge < -0.3 is 15.4 Å². The molecule has 8 heteroatoms. The molecule has 0 radical (unpaired) electrons. The lowest BCUT2D eigenvalue weighted by atomic mass is 9.73. The van der Waals surface area contributed by atoms with E-state index in [0.717, 1.165) is 22.4 Å². The number of aromatic nitrogens is 3. The van der Waals surface area contributed by atoms with Crippen molar-refractivity contribution in [2.75, 3.05) is 13.6 Å². The van der Waals surface area contributed by atoms with Crippen LogP contribution in [0.4, 0.5) is 0 Å². The molecule has 1 fully saturated rings. The van der Waals surface area contributed by atoms with Gasteiger partial charge in [-0.15, -0.1) is 0 Å². The molecule has 2 N–H and O–H groups in total. The second-order valence-corrected chi connectivity index (χ2v) is 11.2. The number of likely N-dealkylation sites (tertiary alicyclic amines) is 1. The number of ether oxygens (including phenoxy) is 1. The molecule has 3 heterocycles. The van der Waals surface area contributed by atoms with Crippen molar-refractivity contribution in [3.63, 3.8) is 0 Å². The number of hydrogen-bond donors (Lipinski definition) is 1. The van der Waals surface area contributed by atoms with Crippen molar-refractivity contribution >= 4 is 11.8 Å². The topological polar surface area (TPSA) is 103 Å². The van der Waals surface area contributed by atoms with Crippen LogP contribution in [0.5, 0.6) is 0 Å². The molecule has 1 aliphatic carbocycles. The lowest BCUT2D eigenvalue weighted by Gasteiger charge is -2.38. The average molecular weight is 512 g/mol. The van der Waals surface area contributed by atoms with Crippen molar-refractivity contribution in [1.29, 1.82) is 0 Å². The number of carbonyl (C=O) groups excluding carboxylic acids is 2. The molecule has 2 amide bonds. The monoisotopic (exact) mass is 511 g/mol. The van der Waals surface area contributed by atoms with Crippen LogP contribution in [0.3, 0.4) is 0 Å². The van der Waals surface area contributed by atoms with E-state index in [0.29, 0.717) is 38.2 Å². The summed E-state index contributed by atoms with van der Waals surface area (Å²) in [7, 11) is 1.80. The van der Waals surface area contributed by atoms with Crippen LogP contribution >= 0.6 is 0 Å². The van der Waals surface area contributed by atoms with E-state index in [1.807, 2.05) is 49.4 Å². The van der Waals surface area contributed by atoms with Gasteiger partial charge in [0.2, 0.25) is 5.91 Å². The Bertz CT molecular complexity index is 1450. The molecule has 3 aromatic rings. The molecule has 0 saturated carbocycles. The van der Waals surface area contributed by atoms with E-state index in [-0.39, 0.29) is 23.1 Å². The quantitative estimate of drug-likeness (QED) is 0.530. The molecule has 0 bridgehead atoms. The number of benzene rings is 1. The summed E-state index contributed by atoms with van der Waals surface area (Å²) in [5, 5.41) is 4.61. The number of rotatable bonds is 5. The summed E-state index contributed by atoms with van der Waals surface area (Å²) in [6, 6.07) is 13.7. The molecule has 1 aromatic carbocycles. The van der Waals surface area contributed by atoms with E-state index in [4.69, 9.17) is 10.5 Å². The fourth-order valence-corrected chi connectivity index (χ4v) is 5.29. The van der Waals surface area contributed by atoms with E-state index in [1.54, 1.807) is 22.8 Å². The van der Waals surface area contributed by atoms with Crippen molar-refractivity contribution in [3.05, 3.63) is 76.7 Å². The van der Waals surface area contributed by atoms with Gasteiger partial charge >= 0.3 is 0 Å². The Morgan fingerprint density at radius 2 is 1.97 bits per heavy atom. The van der Waals surface area contributed by atoms with Gasteiger partial charge in [0.05, 0.1) is 18.4 Å². The van der Waals surface area contributed by atoms with Gasteiger partial charge in [0.25, 0.3) is 5.91 Å². The third kappa shape index (κ3) is 4.82. The fourth-order valence-electron chi connectivity index (χ4n) is 5.29. The van der Waals surface area contributed by atoms with Crippen LogP contribution in [-0.2, 0) is 29.0 Å². The number of fused-ring (bicyclic) bond motifs is 1. The summed E-state index contributed by atoms with van der Waals surface area (Å²) in [5.74, 6) is 6.36. The second-order valence-electron chi connectivity index (χ2n) is 11.2. The zero-order valence-electron chi connectivity index (χ0n) is 22.3. The van der Waals surface area contributed by atoms with Gasteiger partial charge in [0.15, 0.2) is 11.5 Å². The molecular weight excluding hydrogens is 478 g/mol. The Balaban J connectivity index is 1.46. The van der Waals surface area contributed by atoms with Crippen molar-refractivity contribution in [2.24, 2.45) is 16.6 Å². The maximum atomic E-state index is 12.5. The summed E-state index contributed by atoms with van der Waals surface area (Å²) in [4.78, 5) is 31.2. The second kappa shape index (κ2) is 9.73. The van der Waals surface area contributed by atoms with Crippen LogP contribution < -0.4 is 5.73 Å². The number of amides is 2. The largest absolute Gasteiger partial charge is 0.373 e. The highest BCUT2D eigenvalue weighted by atomic mass is 16.5. The standard InChI is InChI=1S/C30H33N5O3/c1-29(2)18-23-22(17-24(29)38-19-21-8-6-5-7-9-21)26(27(31)36)33-35(23)25-16-20(11-14-32-25)10-12-30(3)13-15-34(4)28(30)37/h5-9,11,14,16,24H,13,15,17-19H2,1-4H3,(H2,31,36)/t24-,30+/m0/s1. The molecule has 8 nitrogen and oxygen atoms in total. The predicted molar refractivity (Wildman–Crippen MR) is 143 cm³/mol. The highest BCUT2D eigenvalue weighted by Gasteiger charge is 2.41. The number of nitrogens with zero attached hydrogens (tertiary/aromatic N) is 4. The number of nitrogens with two attached hydrogens (primary N) is 1. The maximum absolute atomic E-state index is 12.5. The van der Waals surface area contributed by atoms with Gasteiger partial charge in [-0.05, 0) is 42.9 Å². The van der Waals surface area contributed by atoms with Crippen molar-refractivity contribution in [3.8, 4) is 17.7 Å². The van der Waals surface area contributed by atoms with E-state index < -0.39 is 11.3 Å². The summed E-state index contributed by atoms with van der Waals surface area (Å²) >= 11 is 0. The first kappa shape index (κ1) is 25.7. The Hall–Kier alpha value is -3.96. The molecule has 0 unspecified atom stereocenters. The third-order valence-corrected chi connectivity index (χ3v) is 7.71. The van der Waals surface area contributed by atoms with Crippen LogP contribution in [0.25, 0.3) is 5.82 Å². The van der Waals surface area contributed by atoms with Crippen molar-refractivity contribution in [2.45, 2.75) is 52.7 Å². The maximum Gasteiger partial charge on any atom is 0.269 e. The average Bonchev–Trinajstić information content (AvgIpc) is 3.38. The van der Waals surface area contributed by atoms with Crippen molar-refractivity contribution < 1.29 is 14.3 Å². The molecule has 2 aromatic heterocycles. The minimum absolute atomic E-state index is 0.0396. The lowest BCUT2D eigenvalue weighted by Crippen LogP contribution is -2.40. The van der Waals surface area contributed by atoms with Crippen LogP contribution in [0.1, 0.15) is 60.1 Å². The molecule has 38 heavy (non-hydrogen) atoms. The van der Waals surface area contributed by atoms with Gasteiger partial charge in [-0.3, -0.25) is 9.59 Å². The Labute approximate surface area is 223 Å². The van der Waals surface area contributed by atoms with E-state index >= 15 is 0 Å². The van der Waals surface area contributed by atoms with Crippen LogP contribution in [0, 0.1) is 22.7 Å². The minimum Gasteiger partial charge on any atom is -0.373 e. The summed E-state index contributed by atoms with van der Waals surface area (Å²) in [6.07, 6.45) is 3.42. The third-order valence-electron chi connectivity index (χ3n) is 7.71. The first-order valence-corrected chi connectivity index (χ1v) is 12.9. The van der Waals surface area contributed by atoms with Crippen LogP contribution in [0.15, 0.2) is 48.7 Å². The molecule has 5 rings (SSSR count). The number of primary amides is 1. The van der Waals surface area contributed by atoms with E-state index in [2.05, 4.69) is 35.8 Å². The molecule has 196 valence electrons. The first-order chi connectivity index (χ1) is 18.1. The van der Waals surface area contributed by atoms with Gasteiger partial charge in [-0.2, -0.15) is 5.10 Å². The fraction of sp³-hybridized carbons (Fsp3) is 0.400. The molecule has 0 spiro atoms. The van der Waals surface area contributed by atoms with Crippen LogP contribution in [-0.4, -0.2) is 51.2 Å². The SMILES string of the molecule is CN1CC[C@@](C)(C#Cc2ccnc(-n3nc(C(N)=O)c4c3CC(C)(C)[C@@H](OCc3ccccc3)C4)c2)C1=O. The van der Waals surface area contributed by atoms with Gasteiger partial charge in [0, 0.05) is 37.3 Å². The minimum atomic E-state index is -0.693. The summed E-state index contributed by atoms with van der Waals surface area (Å²) < 4.78 is 8.08. The van der Waals surface area contributed by atoms with Gasteiger partial charge in [-0.1, -0.05) is 56.0 Å².